The molecule has 0 saturated carbocycles. The fourth-order valence-electron chi connectivity index (χ4n) is 2.04. The van der Waals surface area contributed by atoms with Crippen LogP contribution in [-0.4, -0.2) is 36.3 Å². The van der Waals surface area contributed by atoms with E-state index in [1.165, 1.54) is 0 Å². The van der Waals surface area contributed by atoms with E-state index < -0.39 is 0 Å². The van der Waals surface area contributed by atoms with Crippen LogP contribution in [0.5, 0.6) is 0 Å². The first-order chi connectivity index (χ1) is 10.7. The van der Waals surface area contributed by atoms with Crippen molar-refractivity contribution in [2.45, 2.75) is 26.2 Å². The standard InChI is InChI=1S/C16H21N3O3/c1-12-5-3-6-13(11-12)16-18-15(22-19-16)8-4-7-14(20)17-9-10-21-2/h3,5-6,11H,4,7-10H2,1-2H3,(H,17,20). The van der Waals surface area contributed by atoms with E-state index in [2.05, 4.69) is 15.5 Å². The van der Waals surface area contributed by atoms with Gasteiger partial charge in [-0.05, 0) is 19.4 Å². The SMILES string of the molecule is COCCNC(=O)CCCc1nc(-c2cccc(C)c2)no1. The second-order valence-electron chi connectivity index (χ2n) is 5.08. The number of aromatic nitrogens is 2. The van der Waals surface area contributed by atoms with Gasteiger partial charge in [0.15, 0.2) is 0 Å². The molecule has 0 radical (unpaired) electrons. The van der Waals surface area contributed by atoms with Crippen molar-refractivity contribution in [3.63, 3.8) is 0 Å². The first kappa shape index (κ1) is 16.2. The van der Waals surface area contributed by atoms with E-state index in [9.17, 15) is 4.79 Å². The predicted octanol–water partition coefficient (Wildman–Crippen LogP) is 2.13. The van der Waals surface area contributed by atoms with Crippen LogP contribution in [0.4, 0.5) is 0 Å². The Bertz CT molecular complexity index is 610. The van der Waals surface area contributed by atoms with Gasteiger partial charge in [-0.1, -0.05) is 28.9 Å². The molecule has 0 bridgehead atoms. The van der Waals surface area contributed by atoms with Gasteiger partial charge in [0.25, 0.3) is 0 Å². The molecule has 0 spiro atoms. The molecule has 1 aromatic heterocycles. The van der Waals surface area contributed by atoms with Crippen molar-refractivity contribution in [1.29, 1.82) is 0 Å². The van der Waals surface area contributed by atoms with E-state index in [1.807, 2.05) is 31.2 Å². The summed E-state index contributed by atoms with van der Waals surface area (Å²) < 4.78 is 10.1. The Kier molecular flexibility index (Phi) is 6.09. The van der Waals surface area contributed by atoms with Crippen molar-refractivity contribution in [2.75, 3.05) is 20.3 Å². The monoisotopic (exact) mass is 303 g/mol. The van der Waals surface area contributed by atoms with Gasteiger partial charge in [-0.3, -0.25) is 4.79 Å². The molecule has 6 nitrogen and oxygen atoms in total. The summed E-state index contributed by atoms with van der Waals surface area (Å²) in [6.07, 6.45) is 1.71. The second kappa shape index (κ2) is 8.29. The normalized spacial score (nSPS) is 10.6. The summed E-state index contributed by atoms with van der Waals surface area (Å²) in [5.74, 6) is 1.15. The molecular weight excluding hydrogens is 282 g/mol. The Hall–Kier alpha value is -2.21. The van der Waals surface area contributed by atoms with Crippen LogP contribution in [-0.2, 0) is 16.0 Å². The quantitative estimate of drug-likeness (QED) is 0.756. The van der Waals surface area contributed by atoms with Crippen LogP contribution in [0.15, 0.2) is 28.8 Å². The van der Waals surface area contributed by atoms with Crippen LogP contribution >= 0.6 is 0 Å². The van der Waals surface area contributed by atoms with Crippen molar-refractivity contribution in [3.05, 3.63) is 35.7 Å². The number of rotatable bonds is 8. The van der Waals surface area contributed by atoms with Gasteiger partial charge in [0, 0.05) is 32.1 Å². The first-order valence-electron chi connectivity index (χ1n) is 7.34. The fraction of sp³-hybridized carbons (Fsp3) is 0.438. The Morgan fingerprint density at radius 2 is 2.27 bits per heavy atom. The van der Waals surface area contributed by atoms with Crippen LogP contribution in [0.3, 0.4) is 0 Å². The van der Waals surface area contributed by atoms with E-state index in [-0.39, 0.29) is 5.91 Å². The van der Waals surface area contributed by atoms with Gasteiger partial charge in [-0.25, -0.2) is 0 Å². The zero-order valence-electron chi connectivity index (χ0n) is 13.0. The van der Waals surface area contributed by atoms with Gasteiger partial charge >= 0.3 is 0 Å². The van der Waals surface area contributed by atoms with Crippen LogP contribution in [0.25, 0.3) is 11.4 Å². The Morgan fingerprint density at radius 3 is 3.05 bits per heavy atom. The van der Waals surface area contributed by atoms with E-state index in [4.69, 9.17) is 9.26 Å². The van der Waals surface area contributed by atoms with Gasteiger partial charge in [0.1, 0.15) is 0 Å². The minimum atomic E-state index is 0.00970. The van der Waals surface area contributed by atoms with Crippen molar-refractivity contribution in [1.82, 2.24) is 15.5 Å². The maximum absolute atomic E-state index is 11.5. The highest BCUT2D eigenvalue weighted by Gasteiger charge is 2.09. The number of nitrogens with zero attached hydrogens (tertiary/aromatic N) is 2. The van der Waals surface area contributed by atoms with Crippen LogP contribution in [0.1, 0.15) is 24.3 Å². The van der Waals surface area contributed by atoms with Crippen molar-refractivity contribution < 1.29 is 14.1 Å². The number of carbonyl (C=O) groups excluding carboxylic acids is 1. The lowest BCUT2D eigenvalue weighted by molar-refractivity contribution is -0.121. The second-order valence-corrected chi connectivity index (χ2v) is 5.08. The third-order valence-electron chi connectivity index (χ3n) is 3.17. The number of hydrogen-bond donors (Lipinski definition) is 1. The number of benzene rings is 1. The molecule has 1 N–H and O–H groups in total. The number of aryl methyl sites for hydroxylation is 2. The largest absolute Gasteiger partial charge is 0.383 e. The molecule has 0 aliphatic heterocycles. The highest BCUT2D eigenvalue weighted by atomic mass is 16.5. The molecule has 22 heavy (non-hydrogen) atoms. The Morgan fingerprint density at radius 1 is 1.41 bits per heavy atom. The zero-order valence-corrected chi connectivity index (χ0v) is 13.0. The average Bonchev–Trinajstić information content (AvgIpc) is 2.96. The van der Waals surface area contributed by atoms with Gasteiger partial charge in [0.2, 0.25) is 17.6 Å². The molecule has 6 heteroatoms. The molecular formula is C16H21N3O3. The van der Waals surface area contributed by atoms with Gasteiger partial charge < -0.3 is 14.6 Å². The lowest BCUT2D eigenvalue weighted by atomic mass is 10.1. The third-order valence-corrected chi connectivity index (χ3v) is 3.17. The topological polar surface area (TPSA) is 77.2 Å². The molecule has 0 unspecified atom stereocenters. The minimum Gasteiger partial charge on any atom is -0.383 e. The minimum absolute atomic E-state index is 0.00970. The maximum atomic E-state index is 11.5. The molecule has 2 rings (SSSR count). The van der Waals surface area contributed by atoms with Crippen molar-refractivity contribution in [3.8, 4) is 11.4 Å². The highest BCUT2D eigenvalue weighted by Crippen LogP contribution is 2.17. The first-order valence-corrected chi connectivity index (χ1v) is 7.34. The lowest BCUT2D eigenvalue weighted by Gasteiger charge is -2.02. The number of hydrogen-bond acceptors (Lipinski definition) is 5. The zero-order chi connectivity index (χ0) is 15.8. The molecule has 2 aromatic rings. The van der Waals surface area contributed by atoms with E-state index in [1.54, 1.807) is 7.11 Å². The number of amides is 1. The number of methoxy groups -OCH3 is 1. The molecule has 0 aliphatic carbocycles. The van der Waals surface area contributed by atoms with Gasteiger partial charge in [-0.15, -0.1) is 0 Å². The summed E-state index contributed by atoms with van der Waals surface area (Å²) in [6, 6.07) is 7.94. The maximum Gasteiger partial charge on any atom is 0.226 e. The number of ether oxygens (including phenoxy) is 1. The Balaban J connectivity index is 1.79. The summed E-state index contributed by atoms with van der Waals surface area (Å²) in [7, 11) is 1.60. The fourth-order valence-corrected chi connectivity index (χ4v) is 2.04. The van der Waals surface area contributed by atoms with Crippen LogP contribution in [0, 0.1) is 6.92 Å². The van der Waals surface area contributed by atoms with Gasteiger partial charge in [0.05, 0.1) is 6.61 Å². The smallest absolute Gasteiger partial charge is 0.226 e. The highest BCUT2D eigenvalue weighted by molar-refractivity contribution is 5.75. The summed E-state index contributed by atoms with van der Waals surface area (Å²) in [5.41, 5.74) is 2.09. The van der Waals surface area contributed by atoms with Crippen molar-refractivity contribution >= 4 is 5.91 Å². The van der Waals surface area contributed by atoms with Crippen LogP contribution < -0.4 is 5.32 Å². The lowest BCUT2D eigenvalue weighted by Crippen LogP contribution is -2.26. The molecule has 1 aromatic carbocycles. The predicted molar refractivity (Wildman–Crippen MR) is 82.3 cm³/mol. The van der Waals surface area contributed by atoms with Gasteiger partial charge in [-0.2, -0.15) is 4.98 Å². The summed E-state index contributed by atoms with van der Waals surface area (Å²) in [4.78, 5) is 15.9. The third kappa shape index (κ3) is 4.96. The molecule has 1 heterocycles. The molecule has 0 fully saturated rings. The van der Waals surface area contributed by atoms with Crippen LogP contribution in [0.2, 0.25) is 0 Å². The number of carbonyl (C=O) groups is 1. The summed E-state index contributed by atoms with van der Waals surface area (Å²) in [6.45, 7) is 3.08. The van der Waals surface area contributed by atoms with Crippen molar-refractivity contribution in [2.24, 2.45) is 0 Å². The van der Waals surface area contributed by atoms with E-state index >= 15 is 0 Å². The average molecular weight is 303 g/mol. The summed E-state index contributed by atoms with van der Waals surface area (Å²) >= 11 is 0. The molecule has 118 valence electrons. The molecule has 0 aliphatic rings. The van der Waals surface area contributed by atoms with E-state index in [0.717, 1.165) is 11.1 Å². The molecule has 0 atom stereocenters. The van der Waals surface area contributed by atoms with E-state index in [0.29, 0.717) is 44.1 Å². The Labute approximate surface area is 129 Å². The summed E-state index contributed by atoms with van der Waals surface area (Å²) in [5, 5.41) is 6.76. The molecule has 1 amide bonds. The number of nitrogens with one attached hydrogen (secondary N) is 1. The molecule has 0 saturated heterocycles.